The van der Waals surface area contributed by atoms with E-state index in [4.69, 9.17) is 10.5 Å². The normalized spacial score (nSPS) is 11.9. The maximum absolute atomic E-state index is 11.7. The molecule has 0 spiro atoms. The van der Waals surface area contributed by atoms with E-state index in [0.29, 0.717) is 26.2 Å². The van der Waals surface area contributed by atoms with E-state index in [1.54, 1.807) is 7.11 Å². The van der Waals surface area contributed by atoms with Crippen molar-refractivity contribution in [2.45, 2.75) is 32.7 Å². The molecule has 0 rings (SSSR count). The Balaban J connectivity index is 3.99. The summed E-state index contributed by atoms with van der Waals surface area (Å²) in [5.41, 5.74) is 5.57. The van der Waals surface area contributed by atoms with Gasteiger partial charge in [-0.3, -0.25) is 9.69 Å². The van der Waals surface area contributed by atoms with Gasteiger partial charge in [0.1, 0.15) is 0 Å². The summed E-state index contributed by atoms with van der Waals surface area (Å²) in [5, 5.41) is 2.88. The zero-order valence-corrected chi connectivity index (χ0v) is 11.6. The number of nitrogens with two attached hydrogens (primary N) is 1. The average Bonchev–Trinajstić information content (AvgIpc) is 2.31. The van der Waals surface area contributed by atoms with E-state index in [-0.39, 0.29) is 11.4 Å². The number of hydrogen-bond donors (Lipinski definition) is 2. The minimum Gasteiger partial charge on any atom is -0.385 e. The third-order valence-electron chi connectivity index (χ3n) is 2.92. The summed E-state index contributed by atoms with van der Waals surface area (Å²) < 4.78 is 4.92. The average molecular weight is 245 g/mol. The van der Waals surface area contributed by atoms with Crippen molar-refractivity contribution < 1.29 is 9.53 Å². The fourth-order valence-electron chi connectivity index (χ4n) is 1.56. The van der Waals surface area contributed by atoms with Gasteiger partial charge < -0.3 is 15.8 Å². The van der Waals surface area contributed by atoms with Crippen LogP contribution in [0.2, 0.25) is 0 Å². The van der Waals surface area contributed by atoms with Gasteiger partial charge in [-0.05, 0) is 26.8 Å². The highest BCUT2D eigenvalue weighted by Gasteiger charge is 2.25. The van der Waals surface area contributed by atoms with Gasteiger partial charge in [0.15, 0.2) is 0 Å². The van der Waals surface area contributed by atoms with Crippen molar-refractivity contribution in [1.29, 1.82) is 0 Å². The number of carbonyl (C=O) groups is 1. The van der Waals surface area contributed by atoms with E-state index in [9.17, 15) is 4.79 Å². The van der Waals surface area contributed by atoms with Crippen molar-refractivity contribution in [3.8, 4) is 0 Å². The quantitative estimate of drug-likeness (QED) is 0.569. The Morgan fingerprint density at radius 3 is 2.59 bits per heavy atom. The number of carbonyl (C=O) groups excluding carboxylic acids is 1. The van der Waals surface area contributed by atoms with E-state index in [1.807, 2.05) is 6.92 Å². The zero-order valence-electron chi connectivity index (χ0n) is 11.6. The fraction of sp³-hybridized carbons (Fsp3) is 0.917. The third kappa shape index (κ3) is 6.61. The first-order chi connectivity index (χ1) is 7.97. The molecule has 0 bridgehead atoms. The molecule has 3 N–H and O–H groups in total. The van der Waals surface area contributed by atoms with E-state index in [0.717, 1.165) is 13.0 Å². The Hall–Kier alpha value is -0.650. The molecular formula is C12H27N3O2. The van der Waals surface area contributed by atoms with Gasteiger partial charge in [-0.2, -0.15) is 0 Å². The minimum atomic E-state index is -0.140. The van der Waals surface area contributed by atoms with Crippen LogP contribution in [0.5, 0.6) is 0 Å². The molecule has 1 amide bonds. The van der Waals surface area contributed by atoms with E-state index in [2.05, 4.69) is 24.1 Å². The predicted octanol–water partition coefficient (Wildman–Crippen LogP) is 0.198. The molecule has 0 aromatic carbocycles. The fourth-order valence-corrected chi connectivity index (χ4v) is 1.56. The summed E-state index contributed by atoms with van der Waals surface area (Å²) in [6, 6.07) is 0. The second-order valence-corrected chi connectivity index (χ2v) is 4.73. The second kappa shape index (κ2) is 8.44. The van der Waals surface area contributed by atoms with Gasteiger partial charge in [0.05, 0.1) is 6.54 Å². The number of ether oxygens (including phenoxy) is 1. The molecule has 17 heavy (non-hydrogen) atoms. The maximum atomic E-state index is 11.7. The molecule has 0 radical (unpaired) electrons. The standard InChI is InChI=1S/C12H27N3O2/c1-5-15(12(2,3)10-13)9-11(16)14-7-6-8-17-4/h5-10,13H2,1-4H3,(H,14,16). The highest BCUT2D eigenvalue weighted by Crippen LogP contribution is 2.11. The third-order valence-corrected chi connectivity index (χ3v) is 2.92. The number of hydrogen-bond acceptors (Lipinski definition) is 4. The Bertz CT molecular complexity index is 220. The van der Waals surface area contributed by atoms with Crippen molar-refractivity contribution >= 4 is 5.91 Å². The largest absolute Gasteiger partial charge is 0.385 e. The van der Waals surface area contributed by atoms with Gasteiger partial charge in [-0.1, -0.05) is 6.92 Å². The van der Waals surface area contributed by atoms with E-state index in [1.165, 1.54) is 0 Å². The topological polar surface area (TPSA) is 67.6 Å². The molecule has 5 heteroatoms. The van der Waals surface area contributed by atoms with Gasteiger partial charge in [0.2, 0.25) is 5.91 Å². The Morgan fingerprint density at radius 2 is 2.12 bits per heavy atom. The Morgan fingerprint density at radius 1 is 1.47 bits per heavy atom. The van der Waals surface area contributed by atoms with Crippen LogP contribution in [0.15, 0.2) is 0 Å². The lowest BCUT2D eigenvalue weighted by Gasteiger charge is -2.36. The number of nitrogens with one attached hydrogen (secondary N) is 1. The lowest BCUT2D eigenvalue weighted by Crippen LogP contribution is -2.52. The molecule has 0 saturated heterocycles. The smallest absolute Gasteiger partial charge is 0.234 e. The van der Waals surface area contributed by atoms with Crippen molar-refractivity contribution in [2.75, 3.05) is 39.9 Å². The Labute approximate surface area is 105 Å². The lowest BCUT2D eigenvalue weighted by atomic mass is 10.0. The molecule has 0 atom stereocenters. The van der Waals surface area contributed by atoms with Gasteiger partial charge in [-0.15, -0.1) is 0 Å². The van der Waals surface area contributed by atoms with Crippen LogP contribution in [0, 0.1) is 0 Å². The van der Waals surface area contributed by atoms with E-state index < -0.39 is 0 Å². The van der Waals surface area contributed by atoms with Crippen LogP contribution in [0.4, 0.5) is 0 Å². The SMILES string of the molecule is CCN(CC(=O)NCCCOC)C(C)(C)CN. The number of rotatable bonds is 9. The predicted molar refractivity (Wildman–Crippen MR) is 69.9 cm³/mol. The van der Waals surface area contributed by atoms with Crippen LogP contribution in [0.1, 0.15) is 27.2 Å². The summed E-state index contributed by atoms with van der Waals surface area (Å²) in [7, 11) is 1.66. The summed E-state index contributed by atoms with van der Waals surface area (Å²) in [5.74, 6) is 0.0458. The van der Waals surface area contributed by atoms with Gasteiger partial charge >= 0.3 is 0 Å². The first kappa shape index (κ1) is 16.4. The molecule has 0 aromatic rings. The first-order valence-electron chi connectivity index (χ1n) is 6.18. The van der Waals surface area contributed by atoms with Crippen molar-refractivity contribution in [1.82, 2.24) is 10.2 Å². The van der Waals surface area contributed by atoms with Gasteiger partial charge in [0.25, 0.3) is 0 Å². The number of nitrogens with zero attached hydrogens (tertiary/aromatic N) is 1. The molecule has 0 heterocycles. The zero-order chi connectivity index (χ0) is 13.3. The molecule has 0 aliphatic heterocycles. The molecule has 0 fully saturated rings. The molecule has 0 aliphatic rings. The minimum absolute atomic E-state index is 0.0458. The Kier molecular flexibility index (Phi) is 8.12. The highest BCUT2D eigenvalue weighted by atomic mass is 16.5. The van der Waals surface area contributed by atoms with Gasteiger partial charge in [0, 0.05) is 32.3 Å². The molecule has 0 aromatic heterocycles. The molecule has 0 saturated carbocycles. The van der Waals surface area contributed by atoms with Crippen molar-refractivity contribution in [3.05, 3.63) is 0 Å². The summed E-state index contributed by atoms with van der Waals surface area (Å²) in [6.07, 6.45) is 0.842. The van der Waals surface area contributed by atoms with Crippen LogP contribution in [0.3, 0.4) is 0 Å². The van der Waals surface area contributed by atoms with Crippen molar-refractivity contribution in [3.63, 3.8) is 0 Å². The van der Waals surface area contributed by atoms with E-state index >= 15 is 0 Å². The molecule has 102 valence electrons. The number of likely N-dealkylation sites (N-methyl/N-ethyl adjacent to an activating group) is 1. The lowest BCUT2D eigenvalue weighted by molar-refractivity contribution is -0.123. The number of methoxy groups -OCH3 is 1. The summed E-state index contributed by atoms with van der Waals surface area (Å²) >= 11 is 0. The monoisotopic (exact) mass is 245 g/mol. The molecule has 0 unspecified atom stereocenters. The van der Waals surface area contributed by atoms with Crippen LogP contribution < -0.4 is 11.1 Å². The van der Waals surface area contributed by atoms with Crippen molar-refractivity contribution in [2.24, 2.45) is 5.73 Å². The maximum Gasteiger partial charge on any atom is 0.234 e. The highest BCUT2D eigenvalue weighted by molar-refractivity contribution is 5.78. The van der Waals surface area contributed by atoms with Crippen LogP contribution >= 0.6 is 0 Å². The van der Waals surface area contributed by atoms with Crippen LogP contribution in [0.25, 0.3) is 0 Å². The van der Waals surface area contributed by atoms with Gasteiger partial charge in [-0.25, -0.2) is 0 Å². The molecule has 5 nitrogen and oxygen atoms in total. The second-order valence-electron chi connectivity index (χ2n) is 4.73. The number of amides is 1. The summed E-state index contributed by atoms with van der Waals surface area (Å²) in [4.78, 5) is 13.8. The first-order valence-corrected chi connectivity index (χ1v) is 6.18. The summed E-state index contributed by atoms with van der Waals surface area (Å²) in [6.45, 7) is 9.22. The molecule has 0 aliphatic carbocycles. The molecular weight excluding hydrogens is 218 g/mol. The van der Waals surface area contributed by atoms with Crippen LogP contribution in [-0.2, 0) is 9.53 Å². The van der Waals surface area contributed by atoms with Crippen LogP contribution in [-0.4, -0.2) is 56.2 Å².